The Hall–Kier alpha value is -2.40. The van der Waals surface area contributed by atoms with Crippen LogP contribution in [0.1, 0.15) is 18.5 Å². The maximum Gasteiger partial charge on any atom is 0.238 e. The van der Waals surface area contributed by atoms with Gasteiger partial charge in [0.1, 0.15) is 11.6 Å². The second-order valence-electron chi connectivity index (χ2n) is 4.91. The lowest BCUT2D eigenvalue weighted by atomic mass is 10.1. The third kappa shape index (κ3) is 4.30. The molecule has 0 heterocycles. The van der Waals surface area contributed by atoms with E-state index in [0.29, 0.717) is 11.4 Å². The lowest BCUT2D eigenvalue weighted by molar-refractivity contribution is -0.115. The minimum absolute atomic E-state index is 0.121. The monoisotopic (exact) mass is 302 g/mol. The number of methoxy groups -OCH3 is 1. The van der Waals surface area contributed by atoms with Crippen molar-refractivity contribution < 1.29 is 13.9 Å². The lowest BCUT2D eigenvalue weighted by Gasteiger charge is -2.15. The van der Waals surface area contributed by atoms with E-state index >= 15 is 0 Å². The number of anilines is 1. The molecule has 0 bridgehead atoms. The number of halogens is 1. The first-order valence-electron chi connectivity index (χ1n) is 7.02. The van der Waals surface area contributed by atoms with E-state index in [2.05, 4.69) is 10.6 Å². The smallest absolute Gasteiger partial charge is 0.238 e. The van der Waals surface area contributed by atoms with Gasteiger partial charge in [-0.2, -0.15) is 0 Å². The van der Waals surface area contributed by atoms with E-state index in [1.165, 1.54) is 12.1 Å². The average molecular weight is 302 g/mol. The number of amides is 1. The van der Waals surface area contributed by atoms with Crippen LogP contribution in [0.25, 0.3) is 0 Å². The molecule has 0 unspecified atom stereocenters. The molecule has 0 spiro atoms. The highest BCUT2D eigenvalue weighted by atomic mass is 19.1. The molecule has 2 rings (SSSR count). The van der Waals surface area contributed by atoms with Crippen molar-refractivity contribution in [3.8, 4) is 5.75 Å². The molecule has 1 amide bonds. The number of carbonyl (C=O) groups is 1. The van der Waals surface area contributed by atoms with Crippen molar-refractivity contribution >= 4 is 11.6 Å². The van der Waals surface area contributed by atoms with Crippen molar-refractivity contribution in [2.24, 2.45) is 0 Å². The van der Waals surface area contributed by atoms with Gasteiger partial charge in [0.2, 0.25) is 5.91 Å². The van der Waals surface area contributed by atoms with E-state index < -0.39 is 0 Å². The van der Waals surface area contributed by atoms with Gasteiger partial charge in [0, 0.05) is 6.04 Å². The molecular formula is C17H19FN2O2. The number of ether oxygens (including phenoxy) is 1. The van der Waals surface area contributed by atoms with Gasteiger partial charge in [-0.15, -0.1) is 0 Å². The van der Waals surface area contributed by atoms with Gasteiger partial charge in [-0.25, -0.2) is 4.39 Å². The zero-order valence-corrected chi connectivity index (χ0v) is 12.6. The Morgan fingerprint density at radius 1 is 1.23 bits per heavy atom. The largest absolute Gasteiger partial charge is 0.495 e. The van der Waals surface area contributed by atoms with Gasteiger partial charge in [0.25, 0.3) is 0 Å². The van der Waals surface area contributed by atoms with Crippen LogP contribution >= 0.6 is 0 Å². The zero-order valence-electron chi connectivity index (χ0n) is 12.6. The standard InChI is InChI=1S/C17H19FN2O2/c1-12(13-6-5-7-14(18)10-13)19-11-17(21)20-15-8-3-4-9-16(15)22-2/h3-10,12,19H,11H2,1-2H3,(H,20,21)/t12-/m0/s1. The molecule has 2 N–H and O–H groups in total. The fourth-order valence-electron chi connectivity index (χ4n) is 2.08. The van der Waals surface area contributed by atoms with Crippen LogP contribution in [0.3, 0.4) is 0 Å². The summed E-state index contributed by atoms with van der Waals surface area (Å²) in [5.41, 5.74) is 1.42. The lowest BCUT2D eigenvalue weighted by Crippen LogP contribution is -2.30. The van der Waals surface area contributed by atoms with Gasteiger partial charge in [-0.05, 0) is 36.8 Å². The first kappa shape index (κ1) is 16.0. The Morgan fingerprint density at radius 3 is 2.73 bits per heavy atom. The Morgan fingerprint density at radius 2 is 2.00 bits per heavy atom. The van der Waals surface area contributed by atoms with Crippen LogP contribution in [0.2, 0.25) is 0 Å². The van der Waals surface area contributed by atoms with Crippen LogP contribution in [-0.4, -0.2) is 19.6 Å². The van der Waals surface area contributed by atoms with E-state index in [1.54, 1.807) is 25.3 Å². The SMILES string of the molecule is COc1ccccc1NC(=O)CN[C@@H](C)c1cccc(F)c1. The molecule has 116 valence electrons. The maximum absolute atomic E-state index is 13.2. The Labute approximate surface area is 129 Å². The minimum atomic E-state index is -0.287. The number of hydrogen-bond acceptors (Lipinski definition) is 3. The predicted molar refractivity (Wildman–Crippen MR) is 84.4 cm³/mol. The van der Waals surface area contributed by atoms with Crippen molar-refractivity contribution in [1.29, 1.82) is 0 Å². The van der Waals surface area contributed by atoms with Crippen molar-refractivity contribution in [3.05, 3.63) is 59.9 Å². The van der Waals surface area contributed by atoms with Gasteiger partial charge in [0.15, 0.2) is 0 Å². The molecule has 2 aromatic rings. The Bertz CT molecular complexity index is 646. The van der Waals surface area contributed by atoms with E-state index in [4.69, 9.17) is 4.74 Å². The highest BCUT2D eigenvalue weighted by Crippen LogP contribution is 2.22. The van der Waals surface area contributed by atoms with Gasteiger partial charge in [-0.1, -0.05) is 24.3 Å². The van der Waals surface area contributed by atoms with Crippen LogP contribution in [0.5, 0.6) is 5.75 Å². The first-order chi connectivity index (χ1) is 10.6. The Balaban J connectivity index is 1.90. The van der Waals surface area contributed by atoms with E-state index in [-0.39, 0.29) is 24.3 Å². The molecule has 2 aromatic carbocycles. The molecule has 22 heavy (non-hydrogen) atoms. The van der Waals surface area contributed by atoms with Crippen LogP contribution in [-0.2, 0) is 4.79 Å². The number of rotatable bonds is 6. The molecule has 0 aliphatic carbocycles. The number of carbonyl (C=O) groups excluding carboxylic acids is 1. The molecule has 0 aliphatic rings. The average Bonchev–Trinajstić information content (AvgIpc) is 2.53. The summed E-state index contributed by atoms with van der Waals surface area (Å²) in [5.74, 6) is 0.131. The summed E-state index contributed by atoms with van der Waals surface area (Å²) in [4.78, 5) is 12.0. The summed E-state index contributed by atoms with van der Waals surface area (Å²) >= 11 is 0. The highest BCUT2D eigenvalue weighted by Gasteiger charge is 2.10. The molecular weight excluding hydrogens is 283 g/mol. The van der Waals surface area contributed by atoms with Gasteiger partial charge >= 0.3 is 0 Å². The van der Waals surface area contributed by atoms with Crippen molar-refractivity contribution in [1.82, 2.24) is 5.32 Å². The number of hydrogen-bond donors (Lipinski definition) is 2. The summed E-state index contributed by atoms with van der Waals surface area (Å²) in [5, 5.41) is 5.84. The van der Waals surface area contributed by atoms with Crippen LogP contribution in [0.4, 0.5) is 10.1 Å². The zero-order chi connectivity index (χ0) is 15.9. The normalized spacial score (nSPS) is 11.8. The fraction of sp³-hybridized carbons (Fsp3) is 0.235. The van der Waals surface area contributed by atoms with Gasteiger partial charge < -0.3 is 15.4 Å². The van der Waals surface area contributed by atoms with E-state index in [0.717, 1.165) is 5.56 Å². The molecule has 0 saturated carbocycles. The molecule has 0 radical (unpaired) electrons. The maximum atomic E-state index is 13.2. The van der Waals surface area contributed by atoms with Gasteiger partial charge in [-0.3, -0.25) is 4.79 Å². The molecule has 0 saturated heterocycles. The van der Waals surface area contributed by atoms with Gasteiger partial charge in [0.05, 0.1) is 19.3 Å². The van der Waals surface area contributed by atoms with Crippen molar-refractivity contribution in [3.63, 3.8) is 0 Å². The number of para-hydroxylation sites is 2. The second kappa shape index (κ2) is 7.56. The van der Waals surface area contributed by atoms with E-state index in [1.807, 2.05) is 25.1 Å². The predicted octanol–water partition coefficient (Wildman–Crippen LogP) is 3.12. The second-order valence-corrected chi connectivity index (χ2v) is 4.91. The molecule has 0 aromatic heterocycles. The number of benzene rings is 2. The Kier molecular flexibility index (Phi) is 5.49. The summed E-state index contributed by atoms with van der Waals surface area (Å²) in [6.07, 6.45) is 0. The quantitative estimate of drug-likeness (QED) is 0.862. The summed E-state index contributed by atoms with van der Waals surface area (Å²) in [6, 6.07) is 13.4. The minimum Gasteiger partial charge on any atom is -0.495 e. The number of nitrogens with one attached hydrogen (secondary N) is 2. The summed E-state index contributed by atoms with van der Waals surface area (Å²) in [6.45, 7) is 2.00. The first-order valence-corrected chi connectivity index (χ1v) is 7.02. The summed E-state index contributed by atoms with van der Waals surface area (Å²) in [7, 11) is 1.55. The van der Waals surface area contributed by atoms with Crippen LogP contribution < -0.4 is 15.4 Å². The third-order valence-electron chi connectivity index (χ3n) is 3.30. The van der Waals surface area contributed by atoms with E-state index in [9.17, 15) is 9.18 Å². The van der Waals surface area contributed by atoms with Crippen molar-refractivity contribution in [2.75, 3.05) is 19.0 Å². The molecule has 1 atom stereocenters. The third-order valence-corrected chi connectivity index (χ3v) is 3.30. The molecule has 0 fully saturated rings. The highest BCUT2D eigenvalue weighted by molar-refractivity contribution is 5.93. The molecule has 4 nitrogen and oxygen atoms in total. The van der Waals surface area contributed by atoms with Crippen LogP contribution in [0.15, 0.2) is 48.5 Å². The fourth-order valence-corrected chi connectivity index (χ4v) is 2.08. The molecule has 0 aliphatic heterocycles. The topological polar surface area (TPSA) is 50.4 Å². The summed E-state index contributed by atoms with van der Waals surface area (Å²) < 4.78 is 18.4. The molecule has 5 heteroatoms. The van der Waals surface area contributed by atoms with Crippen molar-refractivity contribution in [2.45, 2.75) is 13.0 Å². The van der Waals surface area contributed by atoms with Crippen LogP contribution in [0, 0.1) is 5.82 Å².